The number of ether oxygens (including phenoxy) is 2. The molecule has 1 rings (SSSR count). The molecular formula is C18H31NO2. The molecule has 0 heterocycles. The van der Waals surface area contributed by atoms with Crippen molar-refractivity contribution < 1.29 is 9.47 Å². The van der Waals surface area contributed by atoms with E-state index in [0.29, 0.717) is 11.8 Å². The third-order valence-corrected chi connectivity index (χ3v) is 3.52. The molecule has 0 saturated heterocycles. The van der Waals surface area contributed by atoms with Crippen molar-refractivity contribution in [1.29, 1.82) is 0 Å². The smallest absolute Gasteiger partial charge is 0.119 e. The van der Waals surface area contributed by atoms with Crippen molar-refractivity contribution in [2.75, 3.05) is 33.4 Å². The molecule has 0 bridgehead atoms. The Kier molecular flexibility index (Phi) is 9.11. The van der Waals surface area contributed by atoms with E-state index in [9.17, 15) is 0 Å². The van der Waals surface area contributed by atoms with Crippen LogP contribution in [0.3, 0.4) is 0 Å². The first kappa shape index (κ1) is 18.0. The van der Waals surface area contributed by atoms with E-state index in [1.165, 1.54) is 5.56 Å². The molecule has 1 unspecified atom stereocenters. The second-order valence-electron chi connectivity index (χ2n) is 5.96. The van der Waals surface area contributed by atoms with E-state index in [2.05, 4.69) is 37.4 Å². The van der Waals surface area contributed by atoms with Crippen LogP contribution in [0.25, 0.3) is 0 Å². The van der Waals surface area contributed by atoms with Crippen LogP contribution >= 0.6 is 0 Å². The first-order chi connectivity index (χ1) is 10.2. The largest absolute Gasteiger partial charge is 0.497 e. The molecular weight excluding hydrogens is 262 g/mol. The Labute approximate surface area is 130 Å². The van der Waals surface area contributed by atoms with Crippen LogP contribution in [0.5, 0.6) is 5.75 Å². The zero-order valence-corrected chi connectivity index (χ0v) is 14.0. The molecule has 0 aliphatic heterocycles. The molecule has 0 aromatic heterocycles. The number of hydrogen-bond donors (Lipinski definition) is 1. The highest BCUT2D eigenvalue weighted by molar-refractivity contribution is 5.28. The van der Waals surface area contributed by atoms with Gasteiger partial charge in [-0.3, -0.25) is 0 Å². The van der Waals surface area contributed by atoms with E-state index in [0.717, 1.165) is 44.9 Å². The molecule has 3 nitrogen and oxygen atoms in total. The van der Waals surface area contributed by atoms with Gasteiger partial charge in [-0.05, 0) is 62.4 Å². The standard InChI is InChI=1S/C18H31NO2/c1-5-21-10-9-17(14-19-13-15(2)3)11-16-7-6-8-18(12-16)20-4/h6-8,12,15,17,19H,5,9-11,13-14H2,1-4H3. The van der Waals surface area contributed by atoms with Crippen molar-refractivity contribution in [3.63, 3.8) is 0 Å². The quantitative estimate of drug-likeness (QED) is 0.633. The number of methoxy groups -OCH3 is 1. The van der Waals surface area contributed by atoms with E-state index >= 15 is 0 Å². The van der Waals surface area contributed by atoms with E-state index in [1.807, 2.05) is 13.0 Å². The summed E-state index contributed by atoms with van der Waals surface area (Å²) in [7, 11) is 1.72. The van der Waals surface area contributed by atoms with Crippen LogP contribution in [0.4, 0.5) is 0 Å². The Morgan fingerprint density at radius 1 is 1.19 bits per heavy atom. The summed E-state index contributed by atoms with van der Waals surface area (Å²) < 4.78 is 10.8. The Morgan fingerprint density at radius 3 is 2.67 bits per heavy atom. The maximum Gasteiger partial charge on any atom is 0.119 e. The third-order valence-electron chi connectivity index (χ3n) is 3.52. The lowest BCUT2D eigenvalue weighted by Gasteiger charge is -2.19. The highest BCUT2D eigenvalue weighted by Gasteiger charge is 2.10. The molecule has 1 N–H and O–H groups in total. The minimum atomic E-state index is 0.599. The number of hydrogen-bond acceptors (Lipinski definition) is 3. The van der Waals surface area contributed by atoms with Gasteiger partial charge < -0.3 is 14.8 Å². The van der Waals surface area contributed by atoms with Gasteiger partial charge in [0.15, 0.2) is 0 Å². The molecule has 120 valence electrons. The molecule has 0 aliphatic carbocycles. The van der Waals surface area contributed by atoms with Gasteiger partial charge in [0.1, 0.15) is 5.75 Å². The molecule has 1 aromatic carbocycles. The summed E-state index contributed by atoms with van der Waals surface area (Å²) in [5.41, 5.74) is 1.34. The lowest BCUT2D eigenvalue weighted by molar-refractivity contribution is 0.131. The van der Waals surface area contributed by atoms with Crippen molar-refractivity contribution in [2.24, 2.45) is 11.8 Å². The van der Waals surface area contributed by atoms with Gasteiger partial charge in [-0.25, -0.2) is 0 Å². The molecule has 0 radical (unpaired) electrons. The fourth-order valence-electron chi connectivity index (χ4n) is 2.38. The summed E-state index contributed by atoms with van der Waals surface area (Å²) in [6.07, 6.45) is 2.16. The summed E-state index contributed by atoms with van der Waals surface area (Å²) in [6.45, 7) is 10.3. The second-order valence-corrected chi connectivity index (χ2v) is 5.96. The summed E-state index contributed by atoms with van der Waals surface area (Å²) >= 11 is 0. The number of nitrogens with one attached hydrogen (secondary N) is 1. The molecule has 0 spiro atoms. The van der Waals surface area contributed by atoms with Crippen LogP contribution in [0, 0.1) is 11.8 Å². The Hall–Kier alpha value is -1.06. The molecule has 3 heteroatoms. The minimum Gasteiger partial charge on any atom is -0.497 e. The number of rotatable bonds is 11. The Morgan fingerprint density at radius 2 is 2.00 bits per heavy atom. The van der Waals surface area contributed by atoms with Crippen LogP contribution in [-0.4, -0.2) is 33.4 Å². The average Bonchev–Trinajstić information content (AvgIpc) is 2.47. The van der Waals surface area contributed by atoms with E-state index in [1.54, 1.807) is 7.11 Å². The fourth-order valence-corrected chi connectivity index (χ4v) is 2.38. The summed E-state index contributed by atoms with van der Waals surface area (Å²) in [6, 6.07) is 8.37. The Bertz CT molecular complexity index is 379. The lowest BCUT2D eigenvalue weighted by Crippen LogP contribution is -2.28. The van der Waals surface area contributed by atoms with Gasteiger partial charge in [0.2, 0.25) is 0 Å². The van der Waals surface area contributed by atoms with Gasteiger partial charge in [-0.2, -0.15) is 0 Å². The van der Waals surface area contributed by atoms with Crippen LogP contribution in [-0.2, 0) is 11.2 Å². The van der Waals surface area contributed by atoms with Crippen molar-refractivity contribution in [3.05, 3.63) is 29.8 Å². The van der Waals surface area contributed by atoms with Crippen molar-refractivity contribution in [3.8, 4) is 5.75 Å². The highest BCUT2D eigenvalue weighted by atomic mass is 16.5. The van der Waals surface area contributed by atoms with E-state index in [-0.39, 0.29) is 0 Å². The molecule has 1 aromatic rings. The minimum absolute atomic E-state index is 0.599. The summed E-state index contributed by atoms with van der Waals surface area (Å²) in [4.78, 5) is 0. The maximum absolute atomic E-state index is 5.52. The first-order valence-corrected chi connectivity index (χ1v) is 8.07. The average molecular weight is 293 g/mol. The SMILES string of the molecule is CCOCCC(CNCC(C)C)Cc1cccc(OC)c1. The predicted octanol–water partition coefficient (Wildman–Crippen LogP) is 3.53. The fraction of sp³-hybridized carbons (Fsp3) is 0.667. The normalized spacial score (nSPS) is 12.6. The first-order valence-electron chi connectivity index (χ1n) is 8.07. The zero-order valence-electron chi connectivity index (χ0n) is 14.0. The third kappa shape index (κ3) is 8.08. The zero-order chi connectivity index (χ0) is 15.5. The maximum atomic E-state index is 5.52. The summed E-state index contributed by atoms with van der Waals surface area (Å²) in [5.74, 6) is 2.22. The molecule has 0 saturated carbocycles. The van der Waals surface area contributed by atoms with Crippen LogP contribution in [0.1, 0.15) is 32.8 Å². The highest BCUT2D eigenvalue weighted by Crippen LogP contribution is 2.17. The van der Waals surface area contributed by atoms with Crippen molar-refractivity contribution in [1.82, 2.24) is 5.32 Å². The molecule has 0 fully saturated rings. The van der Waals surface area contributed by atoms with Gasteiger partial charge in [0.25, 0.3) is 0 Å². The Balaban J connectivity index is 2.52. The molecule has 1 atom stereocenters. The summed E-state index contributed by atoms with van der Waals surface area (Å²) in [5, 5.41) is 3.57. The van der Waals surface area contributed by atoms with E-state index < -0.39 is 0 Å². The van der Waals surface area contributed by atoms with Crippen LogP contribution < -0.4 is 10.1 Å². The second kappa shape index (κ2) is 10.6. The van der Waals surface area contributed by atoms with Gasteiger partial charge in [-0.15, -0.1) is 0 Å². The van der Waals surface area contributed by atoms with Crippen molar-refractivity contribution in [2.45, 2.75) is 33.6 Å². The monoisotopic (exact) mass is 293 g/mol. The van der Waals surface area contributed by atoms with Crippen LogP contribution in [0.2, 0.25) is 0 Å². The van der Waals surface area contributed by atoms with Gasteiger partial charge in [0, 0.05) is 13.2 Å². The number of benzene rings is 1. The van der Waals surface area contributed by atoms with Crippen molar-refractivity contribution >= 4 is 0 Å². The predicted molar refractivity (Wildman–Crippen MR) is 89.0 cm³/mol. The molecule has 0 amide bonds. The lowest BCUT2D eigenvalue weighted by atomic mass is 9.96. The topological polar surface area (TPSA) is 30.5 Å². The van der Waals surface area contributed by atoms with Crippen LogP contribution in [0.15, 0.2) is 24.3 Å². The van der Waals surface area contributed by atoms with Gasteiger partial charge >= 0.3 is 0 Å². The molecule has 0 aliphatic rings. The molecule has 21 heavy (non-hydrogen) atoms. The van der Waals surface area contributed by atoms with Gasteiger partial charge in [-0.1, -0.05) is 26.0 Å². The van der Waals surface area contributed by atoms with Gasteiger partial charge in [0.05, 0.1) is 7.11 Å². The van der Waals surface area contributed by atoms with E-state index in [4.69, 9.17) is 9.47 Å².